The van der Waals surface area contributed by atoms with Crippen LogP contribution in [0.2, 0.25) is 0 Å². The van der Waals surface area contributed by atoms with E-state index in [4.69, 9.17) is 4.74 Å². The maximum atomic E-state index is 12.4. The van der Waals surface area contributed by atoms with Gasteiger partial charge in [-0.25, -0.2) is 0 Å². The molecule has 5 heteroatoms. The second-order valence-corrected chi connectivity index (χ2v) is 5.38. The summed E-state index contributed by atoms with van der Waals surface area (Å²) in [5.41, 5.74) is 2.62. The van der Waals surface area contributed by atoms with E-state index in [-0.39, 0.29) is 11.3 Å². The molecule has 3 aromatic carbocycles. The fourth-order valence-corrected chi connectivity index (χ4v) is 2.44. The van der Waals surface area contributed by atoms with Crippen LogP contribution in [0.15, 0.2) is 72.8 Å². The number of benzene rings is 3. The minimum absolute atomic E-state index is 0.108. The summed E-state index contributed by atoms with van der Waals surface area (Å²) in [6, 6.07) is 21.8. The van der Waals surface area contributed by atoms with Gasteiger partial charge < -0.3 is 20.5 Å². The van der Waals surface area contributed by atoms with Crippen molar-refractivity contribution in [1.29, 1.82) is 0 Å². The lowest BCUT2D eigenvalue weighted by molar-refractivity contribution is 0.102. The third-order valence-electron chi connectivity index (χ3n) is 3.66. The quantitative estimate of drug-likeness (QED) is 0.647. The first kappa shape index (κ1) is 16.4. The number of amides is 1. The van der Waals surface area contributed by atoms with Crippen molar-refractivity contribution in [2.24, 2.45) is 0 Å². The number of carbonyl (C=O) groups excluding carboxylic acids is 1. The van der Waals surface area contributed by atoms with E-state index in [1.54, 1.807) is 24.3 Å². The van der Waals surface area contributed by atoms with Crippen LogP contribution in [0.1, 0.15) is 10.4 Å². The first-order valence-electron chi connectivity index (χ1n) is 7.77. The van der Waals surface area contributed by atoms with Crippen LogP contribution in [0.3, 0.4) is 0 Å². The Bertz CT molecular complexity index is 862. The molecule has 0 aromatic heterocycles. The summed E-state index contributed by atoms with van der Waals surface area (Å²) in [5.74, 6) is -0.238. The number of anilines is 3. The lowest BCUT2D eigenvalue weighted by Crippen LogP contribution is -2.13. The van der Waals surface area contributed by atoms with Crippen molar-refractivity contribution >= 4 is 23.0 Å². The molecule has 0 bridgehead atoms. The van der Waals surface area contributed by atoms with Crippen molar-refractivity contribution in [3.63, 3.8) is 0 Å². The van der Waals surface area contributed by atoms with Gasteiger partial charge in [-0.05, 0) is 48.5 Å². The zero-order valence-electron chi connectivity index (χ0n) is 13.7. The molecule has 3 rings (SSSR count). The van der Waals surface area contributed by atoms with Crippen molar-refractivity contribution < 1.29 is 14.6 Å². The van der Waals surface area contributed by atoms with Crippen LogP contribution in [-0.2, 0) is 0 Å². The van der Waals surface area contributed by atoms with Crippen LogP contribution in [0.25, 0.3) is 0 Å². The van der Waals surface area contributed by atoms with Gasteiger partial charge in [0, 0.05) is 17.1 Å². The van der Waals surface area contributed by atoms with E-state index in [9.17, 15) is 9.90 Å². The lowest BCUT2D eigenvalue weighted by Gasteiger charge is -2.11. The Kier molecular flexibility index (Phi) is 4.85. The van der Waals surface area contributed by atoms with Crippen LogP contribution in [-0.4, -0.2) is 18.1 Å². The predicted molar refractivity (Wildman–Crippen MR) is 98.8 cm³/mol. The molecule has 0 fully saturated rings. The molecule has 3 N–H and O–H groups in total. The molecule has 0 saturated heterocycles. The number of methoxy groups -OCH3 is 1. The number of aromatic hydroxyl groups is 1. The van der Waals surface area contributed by atoms with Gasteiger partial charge in [0.25, 0.3) is 5.91 Å². The predicted octanol–water partition coefficient (Wildman–Crippen LogP) is 4.40. The van der Waals surface area contributed by atoms with E-state index in [1.165, 1.54) is 13.2 Å². The first-order chi connectivity index (χ1) is 12.2. The third kappa shape index (κ3) is 3.90. The number of ether oxygens (including phenoxy) is 1. The highest BCUT2D eigenvalue weighted by Crippen LogP contribution is 2.28. The minimum atomic E-state index is -0.432. The molecule has 0 heterocycles. The molecule has 0 aliphatic rings. The van der Waals surface area contributed by atoms with Gasteiger partial charge in [0.2, 0.25) is 0 Å². The van der Waals surface area contributed by atoms with E-state index in [1.807, 2.05) is 42.5 Å². The van der Waals surface area contributed by atoms with Gasteiger partial charge in [-0.1, -0.05) is 24.3 Å². The largest absolute Gasteiger partial charge is 0.507 e. The molecule has 0 spiro atoms. The highest BCUT2D eigenvalue weighted by atomic mass is 16.5. The van der Waals surface area contributed by atoms with Crippen molar-refractivity contribution in [3.8, 4) is 11.5 Å². The number of carbonyl (C=O) groups is 1. The highest BCUT2D eigenvalue weighted by Gasteiger charge is 2.17. The zero-order chi connectivity index (χ0) is 17.6. The summed E-state index contributed by atoms with van der Waals surface area (Å²) in [6.45, 7) is 0. The van der Waals surface area contributed by atoms with E-state index in [0.29, 0.717) is 11.4 Å². The van der Waals surface area contributed by atoms with Crippen molar-refractivity contribution in [1.82, 2.24) is 0 Å². The van der Waals surface area contributed by atoms with E-state index in [2.05, 4.69) is 10.6 Å². The number of phenolic OH excluding ortho intramolecular Hbond substituents is 1. The summed E-state index contributed by atoms with van der Waals surface area (Å²) in [4.78, 5) is 12.4. The molecule has 0 aliphatic carbocycles. The van der Waals surface area contributed by atoms with Gasteiger partial charge in [-0.3, -0.25) is 4.79 Å². The Morgan fingerprint density at radius 1 is 0.840 bits per heavy atom. The second kappa shape index (κ2) is 7.40. The van der Waals surface area contributed by atoms with Crippen LogP contribution in [0.4, 0.5) is 17.1 Å². The maximum Gasteiger partial charge on any atom is 0.263 e. The zero-order valence-corrected chi connectivity index (χ0v) is 13.7. The smallest absolute Gasteiger partial charge is 0.263 e. The molecule has 25 heavy (non-hydrogen) atoms. The topological polar surface area (TPSA) is 70.6 Å². The summed E-state index contributed by atoms with van der Waals surface area (Å²) in [7, 11) is 1.45. The summed E-state index contributed by atoms with van der Waals surface area (Å²) >= 11 is 0. The van der Waals surface area contributed by atoms with E-state index >= 15 is 0 Å². The number of phenols is 1. The van der Waals surface area contributed by atoms with Gasteiger partial charge in [0.1, 0.15) is 17.1 Å². The van der Waals surface area contributed by atoms with Crippen molar-refractivity contribution in [2.45, 2.75) is 0 Å². The Morgan fingerprint density at radius 2 is 1.48 bits per heavy atom. The molecule has 0 atom stereocenters. The van der Waals surface area contributed by atoms with Crippen LogP contribution in [0, 0.1) is 0 Å². The highest BCUT2D eigenvalue weighted by molar-refractivity contribution is 6.08. The van der Waals surface area contributed by atoms with E-state index < -0.39 is 5.91 Å². The molecule has 0 aliphatic heterocycles. The van der Waals surface area contributed by atoms with Crippen molar-refractivity contribution in [2.75, 3.05) is 17.7 Å². The first-order valence-corrected chi connectivity index (χ1v) is 7.77. The van der Waals surface area contributed by atoms with Gasteiger partial charge >= 0.3 is 0 Å². The average Bonchev–Trinajstić information content (AvgIpc) is 2.64. The molecule has 3 aromatic rings. The lowest BCUT2D eigenvalue weighted by atomic mass is 10.1. The van der Waals surface area contributed by atoms with Crippen molar-refractivity contribution in [3.05, 3.63) is 78.4 Å². The number of hydrogen-bond acceptors (Lipinski definition) is 4. The minimum Gasteiger partial charge on any atom is -0.507 e. The third-order valence-corrected chi connectivity index (χ3v) is 3.66. The van der Waals surface area contributed by atoms with Crippen LogP contribution in [0.5, 0.6) is 11.5 Å². The number of rotatable bonds is 5. The molecule has 126 valence electrons. The molecular weight excluding hydrogens is 316 g/mol. The molecule has 1 amide bonds. The Hall–Kier alpha value is -3.47. The van der Waals surface area contributed by atoms with Crippen LogP contribution >= 0.6 is 0 Å². The van der Waals surface area contributed by atoms with Gasteiger partial charge in [-0.15, -0.1) is 0 Å². The maximum absolute atomic E-state index is 12.4. The van der Waals surface area contributed by atoms with Gasteiger partial charge in [0.15, 0.2) is 0 Å². The molecule has 0 unspecified atom stereocenters. The van der Waals surface area contributed by atoms with Crippen LogP contribution < -0.4 is 15.4 Å². The molecule has 5 nitrogen and oxygen atoms in total. The summed E-state index contributed by atoms with van der Waals surface area (Å²) in [5, 5.41) is 16.0. The SMILES string of the molecule is COc1cccc(O)c1C(=O)Nc1ccc(Nc2ccccc2)cc1. The van der Waals surface area contributed by atoms with Gasteiger partial charge in [0.05, 0.1) is 7.11 Å². The molecule has 0 saturated carbocycles. The average molecular weight is 334 g/mol. The second-order valence-electron chi connectivity index (χ2n) is 5.38. The Balaban J connectivity index is 1.72. The Morgan fingerprint density at radius 3 is 2.16 bits per heavy atom. The Labute approximate surface area is 145 Å². The fraction of sp³-hybridized carbons (Fsp3) is 0.0500. The normalized spacial score (nSPS) is 10.1. The number of hydrogen-bond donors (Lipinski definition) is 3. The van der Waals surface area contributed by atoms with Gasteiger partial charge in [-0.2, -0.15) is 0 Å². The molecular formula is C20H18N2O3. The summed E-state index contributed by atoms with van der Waals surface area (Å²) in [6.07, 6.45) is 0. The summed E-state index contributed by atoms with van der Waals surface area (Å²) < 4.78 is 5.14. The molecule has 0 radical (unpaired) electrons. The number of nitrogens with one attached hydrogen (secondary N) is 2. The fourth-order valence-electron chi connectivity index (χ4n) is 2.44. The monoisotopic (exact) mass is 334 g/mol. The number of para-hydroxylation sites is 1. The standard InChI is InChI=1S/C20H18N2O3/c1-25-18-9-5-8-17(23)19(18)20(24)22-16-12-10-15(11-13-16)21-14-6-3-2-4-7-14/h2-13,21,23H,1H3,(H,22,24). The van der Waals surface area contributed by atoms with E-state index in [0.717, 1.165) is 11.4 Å².